The van der Waals surface area contributed by atoms with Crippen LogP contribution in [0.3, 0.4) is 0 Å². The topological polar surface area (TPSA) is 80.2 Å². The third kappa shape index (κ3) is 4.83. The van der Waals surface area contributed by atoms with Gasteiger partial charge in [-0.05, 0) is 55.4 Å². The zero-order valence-electron chi connectivity index (χ0n) is 18.5. The monoisotopic (exact) mass is 435 g/mol. The number of oxime groups is 1. The van der Waals surface area contributed by atoms with Crippen LogP contribution >= 0.6 is 0 Å². The molecule has 2 amide bonds. The molecule has 7 nitrogen and oxygen atoms in total. The van der Waals surface area contributed by atoms with Crippen molar-refractivity contribution in [3.63, 3.8) is 0 Å². The summed E-state index contributed by atoms with van der Waals surface area (Å²) in [5.41, 5.74) is 4.70. The summed E-state index contributed by atoms with van der Waals surface area (Å²) in [4.78, 5) is 37.1. The van der Waals surface area contributed by atoms with Crippen molar-refractivity contribution in [1.29, 1.82) is 0 Å². The summed E-state index contributed by atoms with van der Waals surface area (Å²) in [6, 6.07) is 17.9. The highest BCUT2D eigenvalue weighted by Crippen LogP contribution is 2.27. The van der Waals surface area contributed by atoms with E-state index in [0.717, 1.165) is 37.9 Å². The molecule has 0 radical (unpaired) electrons. The standard InChI is InChI=1S/C25H29N3O4/c1-25(24(30)27-31-2)17-22(26-32-25)20-8-10-21(11-9-20)23(29)28-14-12-19(13-15-28)16-18-6-4-3-5-7-18/h3-11,19H,12-17H2,1-2H3,(H,27,30). The van der Waals surface area contributed by atoms with Crippen molar-refractivity contribution in [3.8, 4) is 0 Å². The molecule has 2 aliphatic rings. The zero-order chi connectivity index (χ0) is 22.6. The number of piperidine rings is 1. The third-order valence-corrected chi connectivity index (χ3v) is 6.27. The van der Waals surface area contributed by atoms with Gasteiger partial charge < -0.3 is 9.74 Å². The van der Waals surface area contributed by atoms with Crippen molar-refractivity contribution >= 4 is 17.5 Å². The average Bonchev–Trinajstić information content (AvgIpc) is 3.24. The van der Waals surface area contributed by atoms with Gasteiger partial charge in [0.25, 0.3) is 11.8 Å². The predicted molar refractivity (Wildman–Crippen MR) is 121 cm³/mol. The number of benzene rings is 2. The third-order valence-electron chi connectivity index (χ3n) is 6.27. The van der Waals surface area contributed by atoms with Crippen LogP contribution in [-0.2, 0) is 20.9 Å². The summed E-state index contributed by atoms with van der Waals surface area (Å²) in [7, 11) is 1.37. The number of hydroxylamine groups is 1. The molecule has 4 rings (SSSR count). The number of carbonyl (C=O) groups is 2. The Hall–Kier alpha value is -3.19. The largest absolute Gasteiger partial charge is 0.379 e. The van der Waals surface area contributed by atoms with Gasteiger partial charge in [0, 0.05) is 25.1 Å². The Morgan fingerprint density at radius 1 is 1.12 bits per heavy atom. The molecule has 1 atom stereocenters. The van der Waals surface area contributed by atoms with Gasteiger partial charge >= 0.3 is 0 Å². The van der Waals surface area contributed by atoms with Crippen molar-refractivity contribution < 1.29 is 19.3 Å². The molecule has 1 unspecified atom stereocenters. The molecule has 0 saturated carbocycles. The number of amides is 2. The predicted octanol–water partition coefficient (Wildman–Crippen LogP) is 3.34. The number of rotatable bonds is 6. The van der Waals surface area contributed by atoms with Crippen LogP contribution in [0.2, 0.25) is 0 Å². The van der Waals surface area contributed by atoms with E-state index in [-0.39, 0.29) is 11.8 Å². The fourth-order valence-corrected chi connectivity index (χ4v) is 4.29. The molecule has 2 aromatic rings. The van der Waals surface area contributed by atoms with Crippen molar-refractivity contribution in [2.75, 3.05) is 20.2 Å². The summed E-state index contributed by atoms with van der Waals surface area (Å²) in [6.07, 6.45) is 3.44. The lowest BCUT2D eigenvalue weighted by Crippen LogP contribution is -2.44. The van der Waals surface area contributed by atoms with E-state index < -0.39 is 5.60 Å². The molecule has 7 heteroatoms. The van der Waals surface area contributed by atoms with Crippen LogP contribution in [0.1, 0.15) is 47.7 Å². The minimum absolute atomic E-state index is 0.0589. The van der Waals surface area contributed by atoms with Crippen molar-refractivity contribution in [3.05, 3.63) is 71.3 Å². The van der Waals surface area contributed by atoms with Crippen molar-refractivity contribution in [1.82, 2.24) is 10.4 Å². The van der Waals surface area contributed by atoms with Gasteiger partial charge in [0.05, 0.1) is 12.8 Å². The van der Waals surface area contributed by atoms with Gasteiger partial charge in [0.15, 0.2) is 0 Å². The Labute approximate surface area is 188 Å². The Balaban J connectivity index is 1.32. The number of carbonyl (C=O) groups excluding carboxylic acids is 2. The van der Waals surface area contributed by atoms with Crippen molar-refractivity contribution in [2.24, 2.45) is 11.1 Å². The molecule has 0 spiro atoms. The SMILES string of the molecule is CONC(=O)C1(C)CC(c2ccc(C(=O)N3CCC(Cc4ccccc4)CC3)cc2)=NO1. The minimum atomic E-state index is -1.11. The lowest BCUT2D eigenvalue weighted by Gasteiger charge is -2.32. The fourth-order valence-electron chi connectivity index (χ4n) is 4.29. The zero-order valence-corrected chi connectivity index (χ0v) is 18.5. The highest BCUT2D eigenvalue weighted by molar-refractivity contribution is 6.06. The first-order valence-corrected chi connectivity index (χ1v) is 11.0. The van der Waals surface area contributed by atoms with E-state index in [0.29, 0.717) is 23.6 Å². The molecule has 0 aliphatic carbocycles. The summed E-state index contributed by atoms with van der Waals surface area (Å²) in [6.45, 7) is 3.23. The smallest absolute Gasteiger partial charge is 0.290 e. The van der Waals surface area contributed by atoms with Gasteiger partial charge in [-0.3, -0.25) is 14.4 Å². The number of likely N-dealkylation sites (tertiary alicyclic amines) is 1. The molecule has 0 aromatic heterocycles. The highest BCUT2D eigenvalue weighted by Gasteiger charge is 2.42. The molecular formula is C25H29N3O4. The van der Waals surface area contributed by atoms with E-state index in [4.69, 9.17) is 4.84 Å². The molecule has 1 saturated heterocycles. The van der Waals surface area contributed by atoms with Gasteiger partial charge in [0.2, 0.25) is 5.60 Å². The van der Waals surface area contributed by atoms with Gasteiger partial charge in [-0.1, -0.05) is 47.6 Å². The quantitative estimate of drug-likeness (QED) is 0.706. The highest BCUT2D eigenvalue weighted by atomic mass is 16.7. The van der Waals surface area contributed by atoms with Crippen LogP contribution in [0.5, 0.6) is 0 Å². The molecule has 1 N–H and O–H groups in total. The minimum Gasteiger partial charge on any atom is -0.379 e. The average molecular weight is 436 g/mol. The van der Waals surface area contributed by atoms with Crippen LogP contribution in [0.25, 0.3) is 0 Å². The second-order valence-corrected chi connectivity index (χ2v) is 8.67. The Kier molecular flexibility index (Phi) is 6.55. The maximum atomic E-state index is 13.0. The molecule has 2 aliphatic heterocycles. The fraction of sp³-hybridized carbons (Fsp3) is 0.400. The molecule has 0 bridgehead atoms. The van der Waals surface area contributed by atoms with Gasteiger partial charge in [0.1, 0.15) is 0 Å². The van der Waals surface area contributed by atoms with E-state index in [1.54, 1.807) is 6.92 Å². The van der Waals surface area contributed by atoms with Gasteiger partial charge in [-0.2, -0.15) is 0 Å². The van der Waals surface area contributed by atoms with Crippen LogP contribution < -0.4 is 5.48 Å². The second kappa shape index (κ2) is 9.53. The Morgan fingerprint density at radius 3 is 2.47 bits per heavy atom. The van der Waals surface area contributed by atoms with E-state index in [2.05, 4.69) is 39.7 Å². The van der Waals surface area contributed by atoms with Crippen LogP contribution in [0.15, 0.2) is 59.8 Å². The number of nitrogens with zero attached hydrogens (tertiary/aromatic N) is 2. The van der Waals surface area contributed by atoms with Gasteiger partial charge in [-0.15, -0.1) is 0 Å². The summed E-state index contributed by atoms with van der Waals surface area (Å²) < 4.78 is 0. The molecule has 1 fully saturated rings. The summed E-state index contributed by atoms with van der Waals surface area (Å²) in [5, 5.41) is 4.07. The maximum Gasteiger partial charge on any atom is 0.290 e. The first kappa shape index (κ1) is 22.0. The maximum absolute atomic E-state index is 13.0. The van der Waals surface area contributed by atoms with Crippen LogP contribution in [-0.4, -0.2) is 48.2 Å². The number of nitrogens with one attached hydrogen (secondary N) is 1. The van der Waals surface area contributed by atoms with Crippen molar-refractivity contribution in [2.45, 2.75) is 38.2 Å². The lowest BCUT2D eigenvalue weighted by molar-refractivity contribution is -0.152. The lowest BCUT2D eigenvalue weighted by atomic mass is 9.90. The summed E-state index contributed by atoms with van der Waals surface area (Å²) in [5.74, 6) is 0.290. The molecular weight excluding hydrogens is 406 g/mol. The second-order valence-electron chi connectivity index (χ2n) is 8.67. The molecule has 2 aromatic carbocycles. The first-order valence-electron chi connectivity index (χ1n) is 11.0. The Bertz CT molecular complexity index is 982. The number of hydrogen-bond donors (Lipinski definition) is 1. The number of hydrogen-bond acceptors (Lipinski definition) is 5. The Morgan fingerprint density at radius 2 is 1.81 bits per heavy atom. The van der Waals surface area contributed by atoms with Crippen LogP contribution in [0.4, 0.5) is 0 Å². The molecule has 168 valence electrons. The van der Waals surface area contributed by atoms with E-state index in [1.807, 2.05) is 35.2 Å². The van der Waals surface area contributed by atoms with Crippen LogP contribution in [0, 0.1) is 5.92 Å². The van der Waals surface area contributed by atoms with E-state index in [9.17, 15) is 9.59 Å². The van der Waals surface area contributed by atoms with E-state index in [1.165, 1.54) is 12.7 Å². The first-order chi connectivity index (χ1) is 15.5. The molecule has 32 heavy (non-hydrogen) atoms. The molecule has 2 heterocycles. The van der Waals surface area contributed by atoms with E-state index >= 15 is 0 Å². The normalized spacial score (nSPS) is 21.1. The summed E-state index contributed by atoms with van der Waals surface area (Å²) >= 11 is 0. The van der Waals surface area contributed by atoms with Gasteiger partial charge in [-0.25, -0.2) is 5.48 Å².